The molecule has 3 rings (SSSR count). The van der Waals surface area contributed by atoms with Gasteiger partial charge in [-0.2, -0.15) is 31.3 Å². The number of nitrogens with zero attached hydrogens (tertiary/aromatic N) is 2. The van der Waals surface area contributed by atoms with Crippen LogP contribution in [0, 0.1) is 6.92 Å². The lowest BCUT2D eigenvalue weighted by atomic mass is 9.94. The summed E-state index contributed by atoms with van der Waals surface area (Å²) in [4.78, 5) is 9.02. The monoisotopic (exact) mass is 531 g/mol. The molecule has 2 aromatic carbocycles. The summed E-state index contributed by atoms with van der Waals surface area (Å²) in [6.45, 7) is 5.71. The van der Waals surface area contributed by atoms with Gasteiger partial charge in [-0.1, -0.05) is 37.6 Å². The molecule has 0 atom stereocenters. The van der Waals surface area contributed by atoms with Crippen LogP contribution < -0.4 is 10.1 Å². The van der Waals surface area contributed by atoms with Gasteiger partial charge in [0.05, 0.1) is 23.9 Å². The predicted octanol–water partition coefficient (Wildman–Crippen LogP) is 8.42. The van der Waals surface area contributed by atoms with Gasteiger partial charge in [0.15, 0.2) is 5.82 Å². The van der Waals surface area contributed by atoms with Gasteiger partial charge in [-0.25, -0.2) is 4.98 Å². The molecule has 1 heterocycles. The van der Waals surface area contributed by atoms with E-state index < -0.39 is 23.5 Å². The second-order valence-electron chi connectivity index (χ2n) is 8.12. The summed E-state index contributed by atoms with van der Waals surface area (Å²) in [6.07, 6.45) is -7.70. The van der Waals surface area contributed by atoms with Crippen LogP contribution in [0.5, 0.6) is 5.88 Å². The average Bonchev–Trinajstić information content (AvgIpc) is 2.81. The number of nitrogens with one attached hydrogen (secondary N) is 1. The van der Waals surface area contributed by atoms with Crippen molar-refractivity contribution in [2.45, 2.75) is 52.0 Å². The number of rotatable bonds is 7. The van der Waals surface area contributed by atoms with Crippen LogP contribution in [0.15, 0.2) is 36.4 Å². The van der Waals surface area contributed by atoms with Crippen molar-refractivity contribution in [1.82, 2.24) is 9.97 Å². The zero-order chi connectivity index (χ0) is 26.8. The smallest absolute Gasteiger partial charge is 0.416 e. The molecule has 0 aliphatic heterocycles. The van der Waals surface area contributed by atoms with Crippen LogP contribution in [0.1, 0.15) is 43.5 Å². The van der Waals surface area contributed by atoms with E-state index in [9.17, 15) is 26.3 Å². The van der Waals surface area contributed by atoms with Crippen molar-refractivity contribution in [3.63, 3.8) is 0 Å². The highest BCUT2D eigenvalue weighted by molar-refractivity contribution is 6.33. The van der Waals surface area contributed by atoms with E-state index in [1.165, 1.54) is 13.2 Å². The van der Waals surface area contributed by atoms with Gasteiger partial charge in [-0.3, -0.25) is 0 Å². The molecule has 3 aromatic rings. The van der Waals surface area contributed by atoms with E-state index in [0.29, 0.717) is 17.6 Å². The minimum atomic E-state index is -4.69. The molecule has 0 fully saturated rings. The van der Waals surface area contributed by atoms with E-state index in [2.05, 4.69) is 15.3 Å². The fourth-order valence-corrected chi connectivity index (χ4v) is 3.99. The Kier molecular flexibility index (Phi) is 8.07. The number of aromatic nitrogens is 2. The second-order valence-corrected chi connectivity index (χ2v) is 8.53. The highest BCUT2D eigenvalue weighted by atomic mass is 35.5. The number of benzene rings is 2. The highest BCUT2D eigenvalue weighted by Gasteiger charge is 2.33. The second kappa shape index (κ2) is 10.5. The van der Waals surface area contributed by atoms with Crippen molar-refractivity contribution < 1.29 is 31.1 Å². The highest BCUT2D eigenvalue weighted by Crippen LogP contribution is 2.43. The molecule has 1 aromatic heterocycles. The van der Waals surface area contributed by atoms with E-state index in [1.54, 1.807) is 6.92 Å². The lowest BCUT2D eigenvalue weighted by Gasteiger charge is -2.20. The summed E-state index contributed by atoms with van der Waals surface area (Å²) in [6, 6.07) is 5.49. The zero-order valence-corrected chi connectivity index (χ0v) is 20.7. The minimum Gasteiger partial charge on any atom is -0.479 e. The van der Waals surface area contributed by atoms with Crippen molar-refractivity contribution in [2.24, 2.45) is 0 Å². The first kappa shape index (κ1) is 27.6. The summed E-state index contributed by atoms with van der Waals surface area (Å²) in [5.41, 5.74) is -1.32. The predicted molar refractivity (Wildman–Crippen MR) is 127 cm³/mol. The fourth-order valence-electron chi connectivity index (χ4n) is 3.70. The van der Waals surface area contributed by atoms with E-state index in [1.807, 2.05) is 13.8 Å². The average molecular weight is 532 g/mol. The van der Waals surface area contributed by atoms with Crippen molar-refractivity contribution in [3.05, 3.63) is 58.2 Å². The molecule has 0 radical (unpaired) electrons. The third kappa shape index (κ3) is 5.86. The van der Waals surface area contributed by atoms with Gasteiger partial charge in [-0.05, 0) is 49.6 Å². The van der Waals surface area contributed by atoms with Crippen LogP contribution in [0.4, 0.5) is 32.2 Å². The number of hydrogen-bond donors (Lipinski definition) is 1. The lowest BCUT2D eigenvalue weighted by molar-refractivity contribution is -0.138. The van der Waals surface area contributed by atoms with Gasteiger partial charge >= 0.3 is 12.4 Å². The molecule has 0 unspecified atom stereocenters. The Morgan fingerprint density at radius 1 is 0.861 bits per heavy atom. The Morgan fingerprint density at radius 2 is 1.42 bits per heavy atom. The summed E-state index contributed by atoms with van der Waals surface area (Å²) in [5, 5.41) is 2.91. The van der Waals surface area contributed by atoms with Crippen LogP contribution in [0.3, 0.4) is 0 Å². The fraction of sp³-hybridized carbons (Fsp3) is 0.360. The van der Waals surface area contributed by atoms with Gasteiger partial charge in [0.1, 0.15) is 5.69 Å². The van der Waals surface area contributed by atoms with Crippen molar-refractivity contribution >= 4 is 17.4 Å². The maximum Gasteiger partial charge on any atom is 0.416 e. The number of halogens is 7. The number of methoxy groups -OCH3 is 1. The normalized spacial score (nSPS) is 12.2. The maximum absolute atomic E-state index is 13.5. The van der Waals surface area contributed by atoms with Crippen LogP contribution in [0.2, 0.25) is 5.02 Å². The molecular weight excluding hydrogens is 508 g/mol. The van der Waals surface area contributed by atoms with Gasteiger partial charge in [0.25, 0.3) is 0 Å². The van der Waals surface area contributed by atoms with Crippen molar-refractivity contribution in [3.8, 4) is 28.3 Å². The molecule has 11 heteroatoms. The van der Waals surface area contributed by atoms with Crippen LogP contribution in [-0.4, -0.2) is 23.1 Å². The Labute approximate surface area is 209 Å². The van der Waals surface area contributed by atoms with E-state index in [4.69, 9.17) is 16.3 Å². The molecular formula is C25H24ClF6N3O. The van der Waals surface area contributed by atoms with Crippen molar-refractivity contribution in [2.75, 3.05) is 12.4 Å². The summed E-state index contributed by atoms with van der Waals surface area (Å²) >= 11 is 6.16. The quantitative estimate of drug-likeness (QED) is 0.311. The summed E-state index contributed by atoms with van der Waals surface area (Å²) < 4.78 is 85.5. The topological polar surface area (TPSA) is 47.0 Å². The standard InChI is InChI=1S/C25H24ClF6N3O/c1-5-16(6-2)34-22-13(3)33-21(23(35-22)36-4)18-10-8-14(24(27,28)29)11-19(18)17-9-7-15(12-20(17)26)25(30,31)32/h7-12,16H,5-6H2,1-4H3,(H,34,35). The summed E-state index contributed by atoms with van der Waals surface area (Å²) in [5.74, 6) is 0.503. The Hall–Kier alpha value is -3.01. The Balaban J connectivity index is 2.25. The number of hydrogen-bond acceptors (Lipinski definition) is 4. The molecule has 0 amide bonds. The third-order valence-corrected chi connectivity index (χ3v) is 6.06. The molecule has 4 nitrogen and oxygen atoms in total. The van der Waals surface area contributed by atoms with Crippen LogP contribution in [-0.2, 0) is 12.4 Å². The molecule has 0 bridgehead atoms. The number of ether oxygens (including phenoxy) is 1. The van der Waals surface area contributed by atoms with E-state index in [0.717, 1.165) is 37.1 Å². The largest absolute Gasteiger partial charge is 0.479 e. The van der Waals surface area contributed by atoms with Crippen molar-refractivity contribution in [1.29, 1.82) is 0 Å². The SMILES string of the molecule is CCC(CC)Nc1nc(OC)c(-c2ccc(C(F)(F)F)cc2-c2ccc(C(F)(F)F)cc2Cl)nc1C. The summed E-state index contributed by atoms with van der Waals surface area (Å²) in [7, 11) is 1.35. The maximum atomic E-state index is 13.5. The van der Waals surface area contributed by atoms with Crippen LogP contribution >= 0.6 is 11.6 Å². The number of anilines is 1. The van der Waals surface area contributed by atoms with E-state index in [-0.39, 0.29) is 39.3 Å². The first-order valence-electron chi connectivity index (χ1n) is 11.1. The molecule has 1 N–H and O–H groups in total. The minimum absolute atomic E-state index is 0.0218. The first-order chi connectivity index (χ1) is 16.8. The molecule has 0 saturated carbocycles. The molecule has 0 aliphatic rings. The molecule has 36 heavy (non-hydrogen) atoms. The van der Waals surface area contributed by atoms with E-state index >= 15 is 0 Å². The molecule has 194 valence electrons. The number of aryl methyl sites for hydroxylation is 1. The van der Waals surface area contributed by atoms with Gasteiger partial charge in [-0.15, -0.1) is 0 Å². The lowest BCUT2D eigenvalue weighted by Crippen LogP contribution is -2.19. The first-order valence-corrected chi connectivity index (χ1v) is 11.5. The van der Waals surface area contributed by atoms with Gasteiger partial charge < -0.3 is 10.1 Å². The molecule has 0 spiro atoms. The Bertz CT molecular complexity index is 1240. The number of alkyl halides is 6. The Morgan fingerprint density at radius 3 is 1.92 bits per heavy atom. The molecule has 0 saturated heterocycles. The van der Waals surface area contributed by atoms with Crippen LogP contribution in [0.25, 0.3) is 22.4 Å². The van der Waals surface area contributed by atoms with Gasteiger partial charge in [0.2, 0.25) is 5.88 Å². The third-order valence-electron chi connectivity index (χ3n) is 5.75. The van der Waals surface area contributed by atoms with Gasteiger partial charge in [0, 0.05) is 22.2 Å². The molecule has 0 aliphatic carbocycles. The zero-order valence-electron chi connectivity index (χ0n) is 19.9.